The molecule has 1 heterocycles. The number of rotatable bonds is 6. The molecule has 0 aromatic carbocycles. The molecular formula is C12H25N3O3. The van der Waals surface area contributed by atoms with Crippen LogP contribution in [0.4, 0.5) is 0 Å². The topological polar surface area (TPSA) is 91.3 Å². The standard InChI is InChI=1S/C12H25N3O3/c1-12(2,11(13)14-17)4-3-5-15-6-7-18-9-10(15)8-16/h10,16-17H,3-9H2,1-2H3,(H2,13,14). The fraction of sp³-hybridized carbons (Fsp3) is 0.917. The molecule has 6 nitrogen and oxygen atoms in total. The van der Waals surface area contributed by atoms with Crippen LogP contribution in [0.15, 0.2) is 5.16 Å². The smallest absolute Gasteiger partial charge is 0.144 e. The normalized spacial score (nSPS) is 23.3. The van der Waals surface area contributed by atoms with Gasteiger partial charge in [-0.2, -0.15) is 0 Å². The second-order valence-corrected chi connectivity index (χ2v) is 5.42. The lowest BCUT2D eigenvalue weighted by Crippen LogP contribution is -2.48. The maximum absolute atomic E-state index is 9.25. The molecule has 0 aromatic rings. The number of aliphatic hydroxyl groups excluding tert-OH is 1. The van der Waals surface area contributed by atoms with E-state index in [0.29, 0.717) is 6.61 Å². The molecule has 6 heteroatoms. The summed E-state index contributed by atoms with van der Waals surface area (Å²) in [7, 11) is 0. The van der Waals surface area contributed by atoms with Gasteiger partial charge in [-0.3, -0.25) is 4.90 Å². The van der Waals surface area contributed by atoms with Crippen LogP contribution in [0.5, 0.6) is 0 Å². The molecular weight excluding hydrogens is 234 g/mol. The number of morpholine rings is 1. The Morgan fingerprint density at radius 1 is 1.56 bits per heavy atom. The number of hydrogen-bond acceptors (Lipinski definition) is 5. The zero-order valence-corrected chi connectivity index (χ0v) is 11.3. The number of amidine groups is 1. The maximum atomic E-state index is 9.25. The van der Waals surface area contributed by atoms with Crippen molar-refractivity contribution in [2.45, 2.75) is 32.7 Å². The summed E-state index contributed by atoms with van der Waals surface area (Å²) >= 11 is 0. The predicted octanol–water partition coefficient (Wildman–Crippen LogP) is 0.232. The third kappa shape index (κ3) is 4.12. The average Bonchev–Trinajstić information content (AvgIpc) is 2.38. The maximum Gasteiger partial charge on any atom is 0.144 e. The zero-order chi connectivity index (χ0) is 13.6. The van der Waals surface area contributed by atoms with Crippen molar-refractivity contribution in [2.75, 3.05) is 32.9 Å². The van der Waals surface area contributed by atoms with Gasteiger partial charge in [0.25, 0.3) is 0 Å². The van der Waals surface area contributed by atoms with Gasteiger partial charge in [0.15, 0.2) is 0 Å². The van der Waals surface area contributed by atoms with Crippen molar-refractivity contribution < 1.29 is 15.1 Å². The van der Waals surface area contributed by atoms with Gasteiger partial charge in [-0.1, -0.05) is 19.0 Å². The van der Waals surface area contributed by atoms with Crippen LogP contribution in [0, 0.1) is 5.41 Å². The number of ether oxygens (including phenoxy) is 1. The molecule has 1 unspecified atom stereocenters. The fourth-order valence-electron chi connectivity index (χ4n) is 2.14. The monoisotopic (exact) mass is 259 g/mol. The van der Waals surface area contributed by atoms with Gasteiger partial charge in [-0.25, -0.2) is 0 Å². The molecule has 0 saturated carbocycles. The first kappa shape index (κ1) is 15.2. The van der Waals surface area contributed by atoms with E-state index in [2.05, 4.69) is 10.1 Å². The molecule has 0 spiro atoms. The van der Waals surface area contributed by atoms with Gasteiger partial charge >= 0.3 is 0 Å². The van der Waals surface area contributed by atoms with Crippen LogP contribution in [0.2, 0.25) is 0 Å². The van der Waals surface area contributed by atoms with Crippen LogP contribution in [0.1, 0.15) is 26.7 Å². The molecule has 18 heavy (non-hydrogen) atoms. The van der Waals surface area contributed by atoms with Crippen LogP contribution in [0.25, 0.3) is 0 Å². The van der Waals surface area contributed by atoms with Gasteiger partial charge in [0, 0.05) is 12.0 Å². The molecule has 106 valence electrons. The summed E-state index contributed by atoms with van der Waals surface area (Å²) in [5.74, 6) is 0.267. The highest BCUT2D eigenvalue weighted by molar-refractivity contribution is 5.85. The molecule has 1 atom stereocenters. The second-order valence-electron chi connectivity index (χ2n) is 5.42. The summed E-state index contributed by atoms with van der Waals surface area (Å²) in [6.07, 6.45) is 1.79. The highest BCUT2D eigenvalue weighted by atomic mass is 16.5. The number of hydrogen-bond donors (Lipinski definition) is 3. The van der Waals surface area contributed by atoms with E-state index in [4.69, 9.17) is 15.7 Å². The van der Waals surface area contributed by atoms with Crippen molar-refractivity contribution in [3.63, 3.8) is 0 Å². The Balaban J connectivity index is 2.36. The minimum Gasteiger partial charge on any atom is -0.409 e. The fourth-order valence-corrected chi connectivity index (χ4v) is 2.14. The predicted molar refractivity (Wildman–Crippen MR) is 69.7 cm³/mol. The van der Waals surface area contributed by atoms with Gasteiger partial charge in [0.05, 0.1) is 25.9 Å². The Hall–Kier alpha value is -0.850. The summed E-state index contributed by atoms with van der Waals surface area (Å²) < 4.78 is 5.33. The largest absolute Gasteiger partial charge is 0.409 e. The molecule has 0 amide bonds. The first-order valence-corrected chi connectivity index (χ1v) is 6.42. The quantitative estimate of drug-likeness (QED) is 0.275. The number of nitrogens with zero attached hydrogens (tertiary/aromatic N) is 2. The Morgan fingerprint density at radius 2 is 2.28 bits per heavy atom. The van der Waals surface area contributed by atoms with Gasteiger partial charge in [-0.05, 0) is 19.4 Å². The highest BCUT2D eigenvalue weighted by Gasteiger charge is 2.25. The van der Waals surface area contributed by atoms with E-state index in [0.717, 1.165) is 32.5 Å². The van der Waals surface area contributed by atoms with Gasteiger partial charge in [0.2, 0.25) is 0 Å². The molecule has 4 N–H and O–H groups in total. The van der Waals surface area contributed by atoms with Crippen molar-refractivity contribution in [1.29, 1.82) is 0 Å². The molecule has 1 aliphatic heterocycles. The van der Waals surface area contributed by atoms with Crippen molar-refractivity contribution in [3.8, 4) is 0 Å². The molecule has 0 aromatic heterocycles. The van der Waals surface area contributed by atoms with Crippen LogP contribution < -0.4 is 5.73 Å². The summed E-state index contributed by atoms with van der Waals surface area (Å²) in [5.41, 5.74) is 5.35. The van der Waals surface area contributed by atoms with Gasteiger partial charge in [-0.15, -0.1) is 0 Å². The first-order valence-electron chi connectivity index (χ1n) is 6.42. The van der Waals surface area contributed by atoms with Gasteiger partial charge < -0.3 is 20.8 Å². The lowest BCUT2D eigenvalue weighted by molar-refractivity contribution is -0.0283. The minimum atomic E-state index is -0.296. The number of aliphatic hydroxyl groups is 1. The van der Waals surface area contributed by atoms with Crippen molar-refractivity contribution in [2.24, 2.45) is 16.3 Å². The average molecular weight is 259 g/mol. The van der Waals surface area contributed by atoms with Crippen molar-refractivity contribution in [3.05, 3.63) is 0 Å². The Morgan fingerprint density at radius 3 is 2.89 bits per heavy atom. The van der Waals surface area contributed by atoms with E-state index in [1.165, 1.54) is 0 Å². The molecule has 0 aliphatic carbocycles. The van der Waals surface area contributed by atoms with Crippen LogP contribution in [-0.2, 0) is 4.74 Å². The second kappa shape index (κ2) is 6.92. The van der Waals surface area contributed by atoms with Crippen molar-refractivity contribution >= 4 is 5.84 Å². The van der Waals surface area contributed by atoms with Crippen LogP contribution in [-0.4, -0.2) is 60.0 Å². The third-order valence-electron chi connectivity index (χ3n) is 3.61. The summed E-state index contributed by atoms with van der Waals surface area (Å²) in [6, 6.07) is 0.103. The van der Waals surface area contributed by atoms with E-state index >= 15 is 0 Å². The molecule has 1 aliphatic rings. The van der Waals surface area contributed by atoms with Crippen molar-refractivity contribution in [1.82, 2.24) is 4.90 Å². The lowest BCUT2D eigenvalue weighted by atomic mass is 9.86. The van der Waals surface area contributed by atoms with Gasteiger partial charge in [0.1, 0.15) is 5.84 Å². The number of nitrogens with two attached hydrogens (primary N) is 1. The van der Waals surface area contributed by atoms with E-state index < -0.39 is 0 Å². The third-order valence-corrected chi connectivity index (χ3v) is 3.61. The number of oxime groups is 1. The van der Waals surface area contributed by atoms with Crippen LogP contribution in [0.3, 0.4) is 0 Å². The summed E-state index contributed by atoms with van der Waals surface area (Å²) in [4.78, 5) is 2.24. The first-order chi connectivity index (χ1) is 8.51. The lowest BCUT2D eigenvalue weighted by Gasteiger charge is -2.35. The Kier molecular flexibility index (Phi) is 5.84. The Labute approximate surface area is 108 Å². The van der Waals surface area contributed by atoms with E-state index in [1.807, 2.05) is 13.8 Å². The minimum absolute atomic E-state index is 0.103. The summed E-state index contributed by atoms with van der Waals surface area (Å²) in [6.45, 7) is 7.13. The molecule has 0 bridgehead atoms. The summed E-state index contributed by atoms with van der Waals surface area (Å²) in [5, 5.41) is 21.0. The molecule has 0 radical (unpaired) electrons. The van der Waals surface area contributed by atoms with E-state index in [1.54, 1.807) is 0 Å². The molecule has 1 rings (SSSR count). The SMILES string of the molecule is CC(C)(CCCN1CCOCC1CO)C(N)=NO. The Bertz CT molecular complexity index is 282. The van der Waals surface area contributed by atoms with Crippen LogP contribution >= 0.6 is 0 Å². The zero-order valence-electron chi connectivity index (χ0n) is 11.3. The molecule has 1 fully saturated rings. The molecule has 1 saturated heterocycles. The highest BCUT2D eigenvalue weighted by Crippen LogP contribution is 2.23. The van der Waals surface area contributed by atoms with E-state index in [9.17, 15) is 5.11 Å². The van der Waals surface area contributed by atoms with E-state index in [-0.39, 0.29) is 23.9 Å².